The molecule has 5 heteroatoms. The summed E-state index contributed by atoms with van der Waals surface area (Å²) in [5, 5.41) is 9.61. The van der Waals surface area contributed by atoms with E-state index in [0.717, 1.165) is 89.9 Å². The second kappa shape index (κ2) is 54.2. The summed E-state index contributed by atoms with van der Waals surface area (Å²) in [4.78, 5) is 24.4. The third-order valence-corrected chi connectivity index (χ3v) is 11.4. The van der Waals surface area contributed by atoms with E-state index in [4.69, 9.17) is 9.47 Å². The van der Waals surface area contributed by atoms with Crippen LogP contribution in [0.1, 0.15) is 245 Å². The number of carbonyl (C=O) groups is 2. The Labute approximate surface area is 396 Å². The maximum absolute atomic E-state index is 12.3. The van der Waals surface area contributed by atoms with Gasteiger partial charge in [-0.05, 0) is 77.0 Å². The van der Waals surface area contributed by atoms with E-state index in [1.807, 2.05) is 0 Å². The van der Waals surface area contributed by atoms with Crippen molar-refractivity contribution in [3.8, 4) is 0 Å². The summed E-state index contributed by atoms with van der Waals surface area (Å²) >= 11 is 0. The molecule has 0 aliphatic carbocycles. The average molecular weight is 889 g/mol. The zero-order chi connectivity index (χ0) is 46.3. The van der Waals surface area contributed by atoms with Gasteiger partial charge in [0.15, 0.2) is 6.10 Å². The summed E-state index contributed by atoms with van der Waals surface area (Å²) in [7, 11) is 0. The van der Waals surface area contributed by atoms with Gasteiger partial charge in [-0.25, -0.2) is 0 Å². The standard InChI is InChI=1S/C59H100O5/c1-3-5-7-9-11-13-15-17-18-19-20-21-22-23-24-25-26-27-28-29-30-31-32-33-34-35-36-37-38-39-40-42-44-46-48-50-52-54-59(62)64-57(55-60)56-63-58(61)53-51-49-47-45-43-41-16-14-12-10-8-6-4-2/h5,7,11,13,17-18,20-21,23-24,26-27,29-30,32-33,57,60H,3-4,6,8-10,12,14-16,19,22,25,28,31,34-56H2,1-2H3/b7-5-,13-11-,18-17-,21-20-,24-23-,27-26-,30-29-,33-32-. The van der Waals surface area contributed by atoms with Crippen molar-refractivity contribution in [3.05, 3.63) is 97.2 Å². The molecule has 0 aromatic carbocycles. The van der Waals surface area contributed by atoms with Crippen LogP contribution in [0, 0.1) is 0 Å². The van der Waals surface area contributed by atoms with E-state index in [9.17, 15) is 14.7 Å². The van der Waals surface area contributed by atoms with Crippen LogP contribution in [0.25, 0.3) is 0 Å². The lowest BCUT2D eigenvalue weighted by atomic mass is 10.0. The topological polar surface area (TPSA) is 72.8 Å². The Morgan fingerprint density at radius 2 is 0.672 bits per heavy atom. The summed E-state index contributed by atoms with van der Waals surface area (Å²) in [6.07, 6.45) is 76.6. The number of ether oxygens (including phenoxy) is 2. The Hall–Kier alpha value is -3.18. The maximum Gasteiger partial charge on any atom is 0.306 e. The van der Waals surface area contributed by atoms with E-state index in [0.29, 0.717) is 12.8 Å². The fourth-order valence-electron chi connectivity index (χ4n) is 7.39. The summed E-state index contributed by atoms with van der Waals surface area (Å²) in [6, 6.07) is 0. The van der Waals surface area contributed by atoms with Crippen molar-refractivity contribution in [1.29, 1.82) is 0 Å². The van der Waals surface area contributed by atoms with Gasteiger partial charge in [0.2, 0.25) is 0 Å². The van der Waals surface area contributed by atoms with Crippen LogP contribution in [-0.2, 0) is 19.1 Å². The number of carbonyl (C=O) groups excluding carboxylic acids is 2. The van der Waals surface area contributed by atoms with Crippen LogP contribution < -0.4 is 0 Å². The van der Waals surface area contributed by atoms with E-state index < -0.39 is 6.10 Å². The lowest BCUT2D eigenvalue weighted by molar-refractivity contribution is -0.161. The first-order valence-corrected chi connectivity index (χ1v) is 26.8. The molecule has 1 atom stereocenters. The van der Waals surface area contributed by atoms with E-state index in [2.05, 4.69) is 111 Å². The van der Waals surface area contributed by atoms with Gasteiger partial charge in [0, 0.05) is 12.8 Å². The first kappa shape index (κ1) is 60.8. The van der Waals surface area contributed by atoms with Gasteiger partial charge >= 0.3 is 11.9 Å². The SMILES string of the molecule is CC/C=C\C/C=C\C/C=C\C/C=C\C/C=C\C/C=C\C/C=C\C/C=C\CCCCCCCCCCCCCCC(=O)OC(CO)COC(=O)CCCCCCCCCCCCCCC. The Kier molecular flexibility index (Phi) is 51.5. The minimum absolute atomic E-state index is 0.0669. The molecule has 0 saturated carbocycles. The number of hydrogen-bond donors (Lipinski definition) is 1. The number of unbranched alkanes of at least 4 members (excludes halogenated alkanes) is 24. The molecule has 366 valence electrons. The highest BCUT2D eigenvalue weighted by Gasteiger charge is 2.16. The van der Waals surface area contributed by atoms with Crippen molar-refractivity contribution in [2.75, 3.05) is 13.2 Å². The van der Waals surface area contributed by atoms with Gasteiger partial charge in [-0.2, -0.15) is 0 Å². The van der Waals surface area contributed by atoms with Crippen LogP contribution in [0.15, 0.2) is 97.2 Å². The van der Waals surface area contributed by atoms with Crippen LogP contribution in [0.2, 0.25) is 0 Å². The number of hydrogen-bond acceptors (Lipinski definition) is 5. The number of esters is 2. The van der Waals surface area contributed by atoms with E-state index in [1.165, 1.54) is 128 Å². The quantitative estimate of drug-likeness (QED) is 0.0374. The molecule has 5 nitrogen and oxygen atoms in total. The van der Waals surface area contributed by atoms with Gasteiger partial charge in [-0.1, -0.05) is 252 Å². The number of allylic oxidation sites excluding steroid dienone is 16. The molecule has 0 aliphatic rings. The molecule has 0 spiro atoms. The second-order valence-electron chi connectivity index (χ2n) is 17.6. The fourth-order valence-corrected chi connectivity index (χ4v) is 7.39. The molecular weight excluding hydrogens is 789 g/mol. The van der Waals surface area contributed by atoms with Gasteiger partial charge in [-0.3, -0.25) is 9.59 Å². The second-order valence-corrected chi connectivity index (χ2v) is 17.6. The van der Waals surface area contributed by atoms with Crippen molar-refractivity contribution < 1.29 is 24.2 Å². The first-order valence-electron chi connectivity index (χ1n) is 26.8. The van der Waals surface area contributed by atoms with E-state index in [-0.39, 0.29) is 25.2 Å². The summed E-state index contributed by atoms with van der Waals surface area (Å²) < 4.78 is 10.7. The molecule has 0 heterocycles. The summed E-state index contributed by atoms with van der Waals surface area (Å²) in [5.41, 5.74) is 0. The molecule has 0 aromatic heterocycles. The lowest BCUT2D eigenvalue weighted by Gasteiger charge is -2.15. The molecular formula is C59H100O5. The van der Waals surface area contributed by atoms with Crippen LogP contribution in [0.4, 0.5) is 0 Å². The maximum atomic E-state index is 12.3. The molecule has 0 radical (unpaired) electrons. The van der Waals surface area contributed by atoms with E-state index in [1.54, 1.807) is 0 Å². The van der Waals surface area contributed by atoms with Crippen molar-refractivity contribution in [1.82, 2.24) is 0 Å². The van der Waals surface area contributed by atoms with Gasteiger partial charge < -0.3 is 14.6 Å². The Bertz CT molecular complexity index is 1230. The molecule has 0 saturated heterocycles. The van der Waals surface area contributed by atoms with Gasteiger partial charge in [0.25, 0.3) is 0 Å². The van der Waals surface area contributed by atoms with E-state index >= 15 is 0 Å². The third-order valence-electron chi connectivity index (χ3n) is 11.4. The Morgan fingerprint density at radius 1 is 0.375 bits per heavy atom. The monoisotopic (exact) mass is 889 g/mol. The smallest absolute Gasteiger partial charge is 0.306 e. The molecule has 0 bridgehead atoms. The highest BCUT2D eigenvalue weighted by atomic mass is 16.6. The normalized spacial score (nSPS) is 13.0. The zero-order valence-electron chi connectivity index (χ0n) is 41.8. The highest BCUT2D eigenvalue weighted by Crippen LogP contribution is 2.15. The Balaban J connectivity index is 3.53. The van der Waals surface area contributed by atoms with Crippen LogP contribution in [0.3, 0.4) is 0 Å². The van der Waals surface area contributed by atoms with Crippen molar-refractivity contribution in [2.24, 2.45) is 0 Å². The molecule has 1 unspecified atom stereocenters. The average Bonchev–Trinajstić information content (AvgIpc) is 3.30. The van der Waals surface area contributed by atoms with Crippen LogP contribution in [0.5, 0.6) is 0 Å². The predicted octanol–water partition coefficient (Wildman–Crippen LogP) is 18.0. The molecule has 0 rings (SSSR count). The number of rotatable bonds is 48. The van der Waals surface area contributed by atoms with Crippen LogP contribution >= 0.6 is 0 Å². The molecule has 1 N–H and O–H groups in total. The molecule has 0 aliphatic heterocycles. The summed E-state index contributed by atoms with van der Waals surface area (Å²) in [5.74, 6) is -0.590. The first-order chi connectivity index (χ1) is 31.6. The van der Waals surface area contributed by atoms with Gasteiger partial charge in [0.05, 0.1) is 6.61 Å². The Morgan fingerprint density at radius 3 is 1.02 bits per heavy atom. The zero-order valence-corrected chi connectivity index (χ0v) is 41.8. The molecule has 0 aromatic rings. The van der Waals surface area contributed by atoms with Crippen molar-refractivity contribution in [2.45, 2.75) is 251 Å². The van der Waals surface area contributed by atoms with Crippen molar-refractivity contribution in [3.63, 3.8) is 0 Å². The number of aliphatic hydroxyl groups excluding tert-OH is 1. The number of aliphatic hydroxyl groups is 1. The van der Waals surface area contributed by atoms with Gasteiger partial charge in [0.1, 0.15) is 6.61 Å². The minimum Gasteiger partial charge on any atom is -0.462 e. The fraction of sp³-hybridized carbons (Fsp3) is 0.695. The van der Waals surface area contributed by atoms with Crippen LogP contribution in [-0.4, -0.2) is 36.4 Å². The third kappa shape index (κ3) is 51.5. The molecule has 64 heavy (non-hydrogen) atoms. The summed E-state index contributed by atoms with van der Waals surface area (Å²) in [6.45, 7) is 4.03. The largest absolute Gasteiger partial charge is 0.462 e. The molecule has 0 amide bonds. The predicted molar refractivity (Wildman–Crippen MR) is 279 cm³/mol. The minimum atomic E-state index is -0.774. The lowest BCUT2D eigenvalue weighted by Crippen LogP contribution is -2.28. The highest BCUT2D eigenvalue weighted by molar-refractivity contribution is 5.70. The molecule has 0 fully saturated rings. The van der Waals surface area contributed by atoms with Crippen molar-refractivity contribution >= 4 is 11.9 Å². The van der Waals surface area contributed by atoms with Gasteiger partial charge in [-0.15, -0.1) is 0 Å².